The van der Waals surface area contributed by atoms with Crippen LogP contribution in [-0.2, 0) is 0 Å². The Labute approximate surface area is 113 Å². The maximum absolute atomic E-state index is 4.36. The van der Waals surface area contributed by atoms with Crippen LogP contribution >= 0.6 is 0 Å². The Morgan fingerprint density at radius 2 is 2.21 bits per heavy atom. The molecule has 0 saturated carbocycles. The Kier molecular flexibility index (Phi) is 3.46. The zero-order valence-electron chi connectivity index (χ0n) is 11.1. The molecule has 1 aliphatic heterocycles. The number of aromatic nitrogens is 3. The Morgan fingerprint density at radius 3 is 2.95 bits per heavy atom. The molecule has 0 aliphatic carbocycles. The van der Waals surface area contributed by atoms with E-state index >= 15 is 0 Å². The summed E-state index contributed by atoms with van der Waals surface area (Å²) >= 11 is 0. The third kappa shape index (κ3) is 2.76. The smallest absolute Gasteiger partial charge is 0.151 e. The minimum atomic E-state index is 0.632. The summed E-state index contributed by atoms with van der Waals surface area (Å²) in [5.41, 5.74) is 1.89. The van der Waals surface area contributed by atoms with E-state index in [2.05, 4.69) is 38.4 Å². The molecule has 1 aliphatic rings. The standard InChI is InChI=1S/C14H19N5/c1-11-9-15-7-8-19(10-11)14-5-4-13(17-18-14)12-3-2-6-16-12/h2-6,11,15-16H,7-10H2,1H3. The highest BCUT2D eigenvalue weighted by atomic mass is 15.3. The van der Waals surface area contributed by atoms with E-state index in [1.807, 2.05) is 24.4 Å². The minimum absolute atomic E-state index is 0.632. The summed E-state index contributed by atoms with van der Waals surface area (Å²) in [6, 6.07) is 8.05. The van der Waals surface area contributed by atoms with E-state index in [0.717, 1.165) is 43.4 Å². The van der Waals surface area contributed by atoms with Crippen LogP contribution in [0.25, 0.3) is 11.4 Å². The van der Waals surface area contributed by atoms with Crippen LogP contribution in [0.5, 0.6) is 0 Å². The van der Waals surface area contributed by atoms with E-state index in [0.29, 0.717) is 5.92 Å². The molecule has 1 fully saturated rings. The predicted molar refractivity (Wildman–Crippen MR) is 76.1 cm³/mol. The van der Waals surface area contributed by atoms with Gasteiger partial charge in [0.25, 0.3) is 0 Å². The Balaban J connectivity index is 1.78. The molecular weight excluding hydrogens is 238 g/mol. The maximum Gasteiger partial charge on any atom is 0.151 e. The van der Waals surface area contributed by atoms with Crippen molar-refractivity contribution in [2.24, 2.45) is 5.92 Å². The summed E-state index contributed by atoms with van der Waals surface area (Å²) < 4.78 is 0. The van der Waals surface area contributed by atoms with Crippen LogP contribution in [0.2, 0.25) is 0 Å². The number of nitrogens with zero attached hydrogens (tertiary/aromatic N) is 3. The van der Waals surface area contributed by atoms with Gasteiger partial charge in [-0.05, 0) is 36.7 Å². The highest BCUT2D eigenvalue weighted by Crippen LogP contribution is 2.17. The molecule has 2 aromatic heterocycles. The first kappa shape index (κ1) is 12.2. The third-order valence-corrected chi connectivity index (χ3v) is 3.43. The van der Waals surface area contributed by atoms with Crippen LogP contribution in [0.1, 0.15) is 6.92 Å². The second-order valence-corrected chi connectivity index (χ2v) is 5.12. The molecular formula is C14H19N5. The lowest BCUT2D eigenvalue weighted by molar-refractivity contribution is 0.562. The summed E-state index contributed by atoms with van der Waals surface area (Å²) in [4.78, 5) is 5.45. The van der Waals surface area contributed by atoms with Crippen molar-refractivity contribution in [2.45, 2.75) is 6.92 Å². The number of anilines is 1. The van der Waals surface area contributed by atoms with Gasteiger partial charge in [-0.25, -0.2) is 0 Å². The Bertz CT molecular complexity index is 505. The number of nitrogens with one attached hydrogen (secondary N) is 2. The monoisotopic (exact) mass is 257 g/mol. The number of hydrogen-bond donors (Lipinski definition) is 2. The van der Waals surface area contributed by atoms with Crippen molar-refractivity contribution in [1.29, 1.82) is 0 Å². The summed E-state index contributed by atoms with van der Waals surface area (Å²) in [6.45, 7) is 6.35. The van der Waals surface area contributed by atoms with Crippen LogP contribution in [-0.4, -0.2) is 41.4 Å². The van der Waals surface area contributed by atoms with Gasteiger partial charge in [0.1, 0.15) is 5.69 Å². The molecule has 100 valence electrons. The number of aromatic amines is 1. The molecule has 1 saturated heterocycles. The first-order chi connectivity index (χ1) is 9.33. The van der Waals surface area contributed by atoms with Crippen molar-refractivity contribution < 1.29 is 0 Å². The van der Waals surface area contributed by atoms with Gasteiger partial charge < -0.3 is 15.2 Å². The Hall–Kier alpha value is -1.88. The van der Waals surface area contributed by atoms with Crippen LogP contribution in [0, 0.1) is 5.92 Å². The van der Waals surface area contributed by atoms with Crippen molar-refractivity contribution in [3.8, 4) is 11.4 Å². The summed E-state index contributed by atoms with van der Waals surface area (Å²) in [5.74, 6) is 1.60. The fourth-order valence-corrected chi connectivity index (χ4v) is 2.43. The lowest BCUT2D eigenvalue weighted by Crippen LogP contribution is -2.30. The van der Waals surface area contributed by atoms with Crippen molar-refractivity contribution in [3.05, 3.63) is 30.5 Å². The van der Waals surface area contributed by atoms with E-state index in [4.69, 9.17) is 0 Å². The molecule has 0 bridgehead atoms. The van der Waals surface area contributed by atoms with Gasteiger partial charge in [-0.3, -0.25) is 0 Å². The first-order valence-electron chi connectivity index (χ1n) is 6.76. The second kappa shape index (κ2) is 5.40. The van der Waals surface area contributed by atoms with E-state index < -0.39 is 0 Å². The predicted octanol–water partition coefficient (Wildman–Crippen LogP) is 1.52. The molecule has 0 spiro atoms. The van der Waals surface area contributed by atoms with E-state index in [9.17, 15) is 0 Å². The summed E-state index contributed by atoms with van der Waals surface area (Å²) in [6.07, 6.45) is 1.90. The van der Waals surface area contributed by atoms with Gasteiger partial charge >= 0.3 is 0 Å². The van der Waals surface area contributed by atoms with Crippen molar-refractivity contribution in [1.82, 2.24) is 20.5 Å². The molecule has 5 nitrogen and oxygen atoms in total. The van der Waals surface area contributed by atoms with Crippen LogP contribution < -0.4 is 10.2 Å². The van der Waals surface area contributed by atoms with Gasteiger partial charge in [-0.2, -0.15) is 0 Å². The van der Waals surface area contributed by atoms with E-state index in [1.54, 1.807) is 0 Å². The van der Waals surface area contributed by atoms with Crippen LogP contribution in [0.4, 0.5) is 5.82 Å². The maximum atomic E-state index is 4.36. The zero-order valence-corrected chi connectivity index (χ0v) is 11.1. The first-order valence-corrected chi connectivity index (χ1v) is 6.76. The molecule has 0 radical (unpaired) electrons. The van der Waals surface area contributed by atoms with Crippen LogP contribution in [0.15, 0.2) is 30.5 Å². The molecule has 0 aromatic carbocycles. The summed E-state index contributed by atoms with van der Waals surface area (Å²) in [7, 11) is 0. The van der Waals surface area contributed by atoms with Crippen molar-refractivity contribution >= 4 is 5.82 Å². The molecule has 1 unspecified atom stereocenters. The topological polar surface area (TPSA) is 56.8 Å². The molecule has 3 rings (SSSR count). The molecule has 5 heteroatoms. The fourth-order valence-electron chi connectivity index (χ4n) is 2.43. The van der Waals surface area contributed by atoms with Crippen molar-refractivity contribution in [3.63, 3.8) is 0 Å². The highest BCUT2D eigenvalue weighted by molar-refractivity contribution is 5.55. The molecule has 0 amide bonds. The largest absolute Gasteiger partial charge is 0.360 e. The van der Waals surface area contributed by atoms with Crippen molar-refractivity contribution in [2.75, 3.05) is 31.1 Å². The number of hydrogen-bond acceptors (Lipinski definition) is 4. The number of rotatable bonds is 2. The lowest BCUT2D eigenvalue weighted by atomic mass is 10.2. The minimum Gasteiger partial charge on any atom is -0.360 e. The second-order valence-electron chi connectivity index (χ2n) is 5.12. The summed E-state index contributed by atoms with van der Waals surface area (Å²) in [5, 5.41) is 12.1. The van der Waals surface area contributed by atoms with Crippen LogP contribution in [0.3, 0.4) is 0 Å². The average Bonchev–Trinajstić information content (AvgIpc) is 2.88. The highest BCUT2D eigenvalue weighted by Gasteiger charge is 2.16. The van der Waals surface area contributed by atoms with E-state index in [1.165, 1.54) is 0 Å². The third-order valence-electron chi connectivity index (χ3n) is 3.43. The fraction of sp³-hybridized carbons (Fsp3) is 0.429. The van der Waals surface area contributed by atoms with E-state index in [-0.39, 0.29) is 0 Å². The molecule has 3 heterocycles. The lowest BCUT2D eigenvalue weighted by Gasteiger charge is -2.22. The SMILES string of the molecule is CC1CNCCN(c2ccc(-c3ccc[nH]3)nn2)C1. The number of H-pyrrole nitrogens is 1. The van der Waals surface area contributed by atoms with Gasteiger partial charge in [0.05, 0.1) is 5.69 Å². The molecule has 2 aromatic rings. The quantitative estimate of drug-likeness (QED) is 0.856. The van der Waals surface area contributed by atoms with Gasteiger partial charge in [-0.15, -0.1) is 10.2 Å². The van der Waals surface area contributed by atoms with Gasteiger partial charge in [0, 0.05) is 25.8 Å². The molecule has 19 heavy (non-hydrogen) atoms. The zero-order chi connectivity index (χ0) is 13.1. The Morgan fingerprint density at radius 1 is 1.26 bits per heavy atom. The normalized spacial score (nSPS) is 20.3. The molecule has 1 atom stereocenters. The average molecular weight is 257 g/mol. The molecule has 2 N–H and O–H groups in total. The van der Waals surface area contributed by atoms with Gasteiger partial charge in [0.15, 0.2) is 5.82 Å². The van der Waals surface area contributed by atoms with Gasteiger partial charge in [-0.1, -0.05) is 6.92 Å². The van der Waals surface area contributed by atoms with Gasteiger partial charge in [0.2, 0.25) is 0 Å².